The van der Waals surface area contributed by atoms with Crippen molar-refractivity contribution in [3.05, 3.63) is 17.7 Å². The third-order valence-electron chi connectivity index (χ3n) is 3.92. The predicted molar refractivity (Wildman–Crippen MR) is 79.4 cm³/mol. The van der Waals surface area contributed by atoms with Gasteiger partial charge >= 0.3 is 5.97 Å². The van der Waals surface area contributed by atoms with E-state index in [1.165, 1.54) is 19.1 Å². The molecule has 0 aromatic heterocycles. The van der Waals surface area contributed by atoms with E-state index in [-0.39, 0.29) is 31.1 Å². The topological polar surface area (TPSA) is 90.9 Å². The zero-order valence-corrected chi connectivity index (χ0v) is 12.9. The van der Waals surface area contributed by atoms with E-state index in [4.69, 9.17) is 14.2 Å². The Morgan fingerprint density at radius 3 is 2.52 bits per heavy atom. The lowest BCUT2D eigenvalue weighted by Crippen LogP contribution is -2.22. The number of nitrogens with one attached hydrogen (secondary N) is 1. The van der Waals surface area contributed by atoms with E-state index in [1.54, 1.807) is 0 Å². The second-order valence-corrected chi connectivity index (χ2v) is 5.78. The van der Waals surface area contributed by atoms with Crippen molar-refractivity contribution in [2.75, 3.05) is 18.7 Å². The summed E-state index contributed by atoms with van der Waals surface area (Å²) in [6.07, 6.45) is 0.803. The minimum atomic E-state index is -0.506. The number of carbonyl (C=O) groups excluding carboxylic acids is 3. The molecule has 7 heteroatoms. The van der Waals surface area contributed by atoms with E-state index in [0.29, 0.717) is 28.7 Å². The lowest BCUT2D eigenvalue weighted by molar-refractivity contribution is -0.148. The molecule has 1 aliphatic heterocycles. The van der Waals surface area contributed by atoms with E-state index < -0.39 is 5.91 Å². The molecule has 0 saturated heterocycles. The summed E-state index contributed by atoms with van der Waals surface area (Å²) in [6, 6.07) is 3.06. The van der Waals surface area contributed by atoms with Gasteiger partial charge in [-0.05, 0) is 25.3 Å². The van der Waals surface area contributed by atoms with Crippen LogP contribution in [-0.4, -0.2) is 31.1 Å². The normalized spacial score (nSPS) is 20.8. The Labute approximate surface area is 132 Å². The highest BCUT2D eigenvalue weighted by atomic mass is 16.7. The van der Waals surface area contributed by atoms with Gasteiger partial charge in [-0.1, -0.05) is 6.92 Å². The molecule has 0 bridgehead atoms. The van der Waals surface area contributed by atoms with Gasteiger partial charge in [0.1, 0.15) is 0 Å². The summed E-state index contributed by atoms with van der Waals surface area (Å²) in [6.45, 7) is 3.04. The van der Waals surface area contributed by atoms with Crippen LogP contribution in [0.25, 0.3) is 0 Å². The summed E-state index contributed by atoms with van der Waals surface area (Å²) in [5.41, 5.74) is 0.618. The Kier molecular flexibility index (Phi) is 3.94. The molecule has 1 saturated carbocycles. The van der Waals surface area contributed by atoms with Crippen LogP contribution in [0.2, 0.25) is 0 Å². The van der Waals surface area contributed by atoms with Crippen molar-refractivity contribution < 1.29 is 28.6 Å². The second-order valence-electron chi connectivity index (χ2n) is 5.78. The van der Waals surface area contributed by atoms with Crippen LogP contribution in [0.1, 0.15) is 30.6 Å². The Balaban J connectivity index is 1.65. The number of ketones is 1. The van der Waals surface area contributed by atoms with Crippen LogP contribution in [0.15, 0.2) is 12.1 Å². The molecule has 0 spiro atoms. The SMILES string of the molecule is CC(=O)c1cc2c(cc1NC(=O)COC(=O)[C@@H]1C[C@H]1C)OCO2. The van der Waals surface area contributed by atoms with Crippen molar-refractivity contribution in [3.8, 4) is 11.5 Å². The van der Waals surface area contributed by atoms with Crippen LogP contribution in [0.3, 0.4) is 0 Å². The van der Waals surface area contributed by atoms with E-state index in [1.807, 2.05) is 6.92 Å². The zero-order valence-electron chi connectivity index (χ0n) is 12.9. The van der Waals surface area contributed by atoms with Gasteiger partial charge in [0.25, 0.3) is 5.91 Å². The van der Waals surface area contributed by atoms with Gasteiger partial charge < -0.3 is 19.5 Å². The van der Waals surface area contributed by atoms with Gasteiger partial charge in [0.05, 0.1) is 11.6 Å². The van der Waals surface area contributed by atoms with Gasteiger partial charge in [0.15, 0.2) is 23.9 Å². The molecule has 1 aliphatic carbocycles. The number of amides is 1. The lowest BCUT2D eigenvalue weighted by atomic mass is 10.1. The first kappa shape index (κ1) is 15.3. The molecule has 1 aromatic rings. The number of benzene rings is 1. The average molecular weight is 319 g/mol. The predicted octanol–water partition coefficient (Wildman–Crippen LogP) is 1.76. The van der Waals surface area contributed by atoms with Gasteiger partial charge in [0, 0.05) is 11.6 Å². The van der Waals surface area contributed by atoms with Crippen LogP contribution < -0.4 is 14.8 Å². The number of rotatable bonds is 5. The van der Waals surface area contributed by atoms with Gasteiger partial charge in [-0.25, -0.2) is 0 Å². The first-order valence-corrected chi connectivity index (χ1v) is 7.36. The summed E-state index contributed by atoms with van der Waals surface area (Å²) in [5.74, 6) is 0.0573. The summed E-state index contributed by atoms with van der Waals surface area (Å²) < 4.78 is 15.4. The van der Waals surface area contributed by atoms with Crippen molar-refractivity contribution >= 4 is 23.3 Å². The Morgan fingerprint density at radius 1 is 1.26 bits per heavy atom. The summed E-state index contributed by atoms with van der Waals surface area (Å²) in [7, 11) is 0. The Morgan fingerprint density at radius 2 is 1.91 bits per heavy atom. The standard InChI is InChI=1S/C16H17NO6/c1-8-3-10(8)16(20)21-6-15(19)17-12-5-14-13(22-7-23-14)4-11(12)9(2)18/h4-5,8,10H,3,6-7H2,1-2H3,(H,17,19)/t8-,10-/m1/s1. The quantitative estimate of drug-likeness (QED) is 0.657. The molecule has 1 amide bonds. The van der Waals surface area contributed by atoms with Crippen LogP contribution in [0.4, 0.5) is 5.69 Å². The van der Waals surface area contributed by atoms with Gasteiger partial charge in [0.2, 0.25) is 6.79 Å². The molecule has 2 aliphatic rings. The van der Waals surface area contributed by atoms with E-state index in [9.17, 15) is 14.4 Å². The monoisotopic (exact) mass is 319 g/mol. The summed E-state index contributed by atoms with van der Waals surface area (Å²) in [4.78, 5) is 35.3. The molecule has 1 aromatic carbocycles. The molecule has 7 nitrogen and oxygen atoms in total. The fourth-order valence-electron chi connectivity index (χ4n) is 2.42. The maximum Gasteiger partial charge on any atom is 0.309 e. The third-order valence-corrected chi connectivity index (χ3v) is 3.92. The number of hydrogen-bond donors (Lipinski definition) is 1. The first-order chi connectivity index (χ1) is 11.0. The number of ether oxygens (including phenoxy) is 3. The fourth-order valence-corrected chi connectivity index (χ4v) is 2.42. The van der Waals surface area contributed by atoms with Crippen LogP contribution >= 0.6 is 0 Å². The molecule has 1 heterocycles. The van der Waals surface area contributed by atoms with Gasteiger partial charge in [-0.15, -0.1) is 0 Å². The number of fused-ring (bicyclic) bond motifs is 1. The summed E-state index contributed by atoms with van der Waals surface area (Å²) >= 11 is 0. The number of Topliss-reactive ketones (excluding diaryl/α,β-unsaturated/α-hetero) is 1. The van der Waals surface area contributed by atoms with E-state index in [0.717, 1.165) is 6.42 Å². The van der Waals surface area contributed by atoms with E-state index >= 15 is 0 Å². The molecule has 23 heavy (non-hydrogen) atoms. The van der Waals surface area contributed by atoms with E-state index in [2.05, 4.69) is 5.32 Å². The molecule has 0 unspecified atom stereocenters. The number of carbonyl (C=O) groups is 3. The maximum absolute atomic E-state index is 11.9. The van der Waals surface area contributed by atoms with Crippen LogP contribution in [-0.2, 0) is 14.3 Å². The van der Waals surface area contributed by atoms with Crippen molar-refractivity contribution in [3.63, 3.8) is 0 Å². The number of esters is 1. The Bertz CT molecular complexity index is 683. The van der Waals surface area contributed by atoms with Crippen molar-refractivity contribution in [1.82, 2.24) is 0 Å². The third kappa shape index (κ3) is 3.28. The lowest BCUT2D eigenvalue weighted by Gasteiger charge is -2.11. The molecule has 2 atom stereocenters. The number of hydrogen-bond acceptors (Lipinski definition) is 6. The highest BCUT2D eigenvalue weighted by Crippen LogP contribution is 2.39. The van der Waals surface area contributed by atoms with Gasteiger partial charge in [-0.3, -0.25) is 14.4 Å². The largest absolute Gasteiger partial charge is 0.455 e. The highest BCUT2D eigenvalue weighted by Gasteiger charge is 2.40. The van der Waals surface area contributed by atoms with Gasteiger partial charge in [-0.2, -0.15) is 0 Å². The van der Waals surface area contributed by atoms with Crippen molar-refractivity contribution in [1.29, 1.82) is 0 Å². The van der Waals surface area contributed by atoms with Crippen molar-refractivity contribution in [2.24, 2.45) is 11.8 Å². The molecule has 0 radical (unpaired) electrons. The maximum atomic E-state index is 11.9. The van der Waals surface area contributed by atoms with Crippen LogP contribution in [0, 0.1) is 11.8 Å². The Hall–Kier alpha value is -2.57. The highest BCUT2D eigenvalue weighted by molar-refractivity contribution is 6.05. The minimum Gasteiger partial charge on any atom is -0.455 e. The van der Waals surface area contributed by atoms with Crippen LogP contribution in [0.5, 0.6) is 11.5 Å². The number of anilines is 1. The first-order valence-electron chi connectivity index (χ1n) is 7.36. The zero-order chi connectivity index (χ0) is 16.6. The van der Waals surface area contributed by atoms with Crippen molar-refractivity contribution in [2.45, 2.75) is 20.3 Å². The molecular formula is C16H17NO6. The average Bonchev–Trinajstić information content (AvgIpc) is 3.06. The summed E-state index contributed by atoms with van der Waals surface area (Å²) in [5, 5.41) is 2.57. The molecule has 1 fully saturated rings. The molecule has 1 N–H and O–H groups in total. The second kappa shape index (κ2) is 5.91. The fraction of sp³-hybridized carbons (Fsp3) is 0.438. The molecule has 3 rings (SSSR count). The minimum absolute atomic E-state index is 0.0707. The molecular weight excluding hydrogens is 302 g/mol. The smallest absolute Gasteiger partial charge is 0.309 e. The molecule has 122 valence electrons.